The molecule has 0 bridgehead atoms. The van der Waals surface area contributed by atoms with Crippen LogP contribution in [0.1, 0.15) is 10.5 Å². The highest BCUT2D eigenvalue weighted by Gasteiger charge is 2.16. The summed E-state index contributed by atoms with van der Waals surface area (Å²) in [5.41, 5.74) is 0.988. The van der Waals surface area contributed by atoms with Crippen molar-refractivity contribution in [1.82, 2.24) is 25.2 Å². The van der Waals surface area contributed by atoms with Crippen LogP contribution in [-0.2, 0) is 0 Å². The van der Waals surface area contributed by atoms with Crippen LogP contribution < -0.4 is 5.32 Å². The zero-order chi connectivity index (χ0) is 14.5. The summed E-state index contributed by atoms with van der Waals surface area (Å²) < 4.78 is 1.50. The SMILES string of the molecule is CNCCN(C)C(=O)c1cn(-c2ccccc2Cl)nn1. The van der Waals surface area contributed by atoms with Crippen molar-refractivity contribution in [2.45, 2.75) is 0 Å². The first-order valence-corrected chi connectivity index (χ1v) is 6.58. The van der Waals surface area contributed by atoms with Crippen LogP contribution in [0, 0.1) is 0 Å². The van der Waals surface area contributed by atoms with E-state index in [0.717, 1.165) is 6.54 Å². The Hall–Kier alpha value is -1.92. The summed E-state index contributed by atoms with van der Waals surface area (Å²) in [6.07, 6.45) is 1.58. The third kappa shape index (κ3) is 3.15. The molecule has 7 heteroatoms. The Bertz CT molecular complexity index is 598. The second-order valence-corrected chi connectivity index (χ2v) is 4.74. The van der Waals surface area contributed by atoms with Crippen LogP contribution in [0.5, 0.6) is 0 Å². The molecule has 0 aliphatic carbocycles. The second-order valence-electron chi connectivity index (χ2n) is 4.33. The Morgan fingerprint density at radius 1 is 1.45 bits per heavy atom. The lowest BCUT2D eigenvalue weighted by molar-refractivity contribution is 0.0791. The van der Waals surface area contributed by atoms with Crippen molar-refractivity contribution < 1.29 is 4.79 Å². The summed E-state index contributed by atoms with van der Waals surface area (Å²) in [4.78, 5) is 13.7. The van der Waals surface area contributed by atoms with Gasteiger partial charge < -0.3 is 10.2 Å². The average Bonchev–Trinajstić information content (AvgIpc) is 2.94. The summed E-state index contributed by atoms with van der Waals surface area (Å²) in [5.74, 6) is -0.168. The molecule has 1 aromatic carbocycles. The molecule has 0 aliphatic rings. The first-order chi connectivity index (χ1) is 9.63. The fourth-order valence-corrected chi connectivity index (χ4v) is 1.92. The zero-order valence-corrected chi connectivity index (χ0v) is 12.1. The summed E-state index contributed by atoms with van der Waals surface area (Å²) in [5, 5.41) is 11.4. The van der Waals surface area contributed by atoms with Gasteiger partial charge in [0.1, 0.15) is 0 Å². The minimum Gasteiger partial charge on any atom is -0.339 e. The molecule has 1 N–H and O–H groups in total. The largest absolute Gasteiger partial charge is 0.339 e. The van der Waals surface area contributed by atoms with Crippen LogP contribution in [0.15, 0.2) is 30.5 Å². The van der Waals surface area contributed by atoms with Crippen LogP contribution in [0.25, 0.3) is 5.69 Å². The molecule has 20 heavy (non-hydrogen) atoms. The van der Waals surface area contributed by atoms with Gasteiger partial charge in [0.15, 0.2) is 5.69 Å². The van der Waals surface area contributed by atoms with E-state index in [1.807, 2.05) is 25.2 Å². The third-order valence-corrected chi connectivity index (χ3v) is 3.18. The molecule has 1 aromatic heterocycles. The summed E-state index contributed by atoms with van der Waals surface area (Å²) in [7, 11) is 3.57. The molecule has 0 aliphatic heterocycles. The van der Waals surface area contributed by atoms with Crippen LogP contribution in [-0.4, -0.2) is 53.0 Å². The highest BCUT2D eigenvalue weighted by Crippen LogP contribution is 2.18. The molecule has 0 spiro atoms. The van der Waals surface area contributed by atoms with Gasteiger partial charge >= 0.3 is 0 Å². The van der Waals surface area contributed by atoms with Gasteiger partial charge in [0, 0.05) is 20.1 Å². The first-order valence-electron chi connectivity index (χ1n) is 6.21. The van der Waals surface area contributed by atoms with E-state index >= 15 is 0 Å². The number of nitrogens with one attached hydrogen (secondary N) is 1. The molecular formula is C13H16ClN5O. The molecule has 0 saturated heterocycles. The summed E-state index contributed by atoms with van der Waals surface area (Å²) in [6.45, 7) is 1.33. The van der Waals surface area contributed by atoms with Crippen molar-refractivity contribution >= 4 is 17.5 Å². The van der Waals surface area contributed by atoms with E-state index in [-0.39, 0.29) is 5.91 Å². The van der Waals surface area contributed by atoms with E-state index in [2.05, 4.69) is 15.6 Å². The van der Waals surface area contributed by atoms with Gasteiger partial charge in [-0.15, -0.1) is 5.10 Å². The van der Waals surface area contributed by atoms with Gasteiger partial charge in [-0.05, 0) is 19.2 Å². The number of para-hydroxylation sites is 1. The molecule has 0 radical (unpaired) electrons. The summed E-state index contributed by atoms with van der Waals surface area (Å²) in [6, 6.07) is 7.26. The fourth-order valence-electron chi connectivity index (χ4n) is 1.69. The van der Waals surface area contributed by atoms with Crippen LogP contribution in [0.2, 0.25) is 5.02 Å². The number of halogens is 1. The number of nitrogens with zero attached hydrogens (tertiary/aromatic N) is 4. The molecule has 2 rings (SSSR count). The van der Waals surface area contributed by atoms with Crippen LogP contribution in [0.3, 0.4) is 0 Å². The van der Waals surface area contributed by atoms with E-state index in [0.29, 0.717) is 22.9 Å². The molecule has 6 nitrogen and oxygen atoms in total. The minimum absolute atomic E-state index is 0.168. The van der Waals surface area contributed by atoms with Crippen molar-refractivity contribution in [1.29, 1.82) is 0 Å². The molecule has 0 atom stereocenters. The number of hydrogen-bond acceptors (Lipinski definition) is 4. The normalized spacial score (nSPS) is 10.6. The first kappa shape index (κ1) is 14.5. The molecular weight excluding hydrogens is 278 g/mol. The van der Waals surface area contributed by atoms with E-state index < -0.39 is 0 Å². The maximum atomic E-state index is 12.1. The maximum Gasteiger partial charge on any atom is 0.275 e. The zero-order valence-electron chi connectivity index (χ0n) is 11.4. The highest BCUT2D eigenvalue weighted by molar-refractivity contribution is 6.32. The van der Waals surface area contributed by atoms with E-state index in [1.54, 1.807) is 24.2 Å². The van der Waals surface area contributed by atoms with Gasteiger partial charge in [-0.3, -0.25) is 4.79 Å². The van der Waals surface area contributed by atoms with Gasteiger partial charge in [-0.1, -0.05) is 28.9 Å². The van der Waals surface area contributed by atoms with Gasteiger partial charge in [-0.25, -0.2) is 4.68 Å². The Morgan fingerprint density at radius 3 is 2.90 bits per heavy atom. The molecule has 1 heterocycles. The number of hydrogen-bond donors (Lipinski definition) is 1. The Morgan fingerprint density at radius 2 is 2.20 bits per heavy atom. The number of carbonyl (C=O) groups excluding carboxylic acids is 1. The number of aromatic nitrogens is 3. The molecule has 1 amide bonds. The van der Waals surface area contributed by atoms with E-state index in [4.69, 9.17) is 11.6 Å². The predicted molar refractivity (Wildman–Crippen MR) is 77.3 cm³/mol. The molecule has 0 unspecified atom stereocenters. The quantitative estimate of drug-likeness (QED) is 0.900. The Labute approximate surface area is 122 Å². The lowest BCUT2D eigenvalue weighted by Gasteiger charge is -2.14. The van der Waals surface area contributed by atoms with Crippen LogP contribution in [0.4, 0.5) is 0 Å². The number of rotatable bonds is 5. The molecule has 106 valence electrons. The van der Waals surface area contributed by atoms with E-state index in [1.165, 1.54) is 4.68 Å². The smallest absolute Gasteiger partial charge is 0.275 e. The minimum atomic E-state index is -0.168. The highest BCUT2D eigenvalue weighted by atomic mass is 35.5. The molecule has 2 aromatic rings. The van der Waals surface area contributed by atoms with Crippen molar-refractivity contribution in [3.05, 3.63) is 41.2 Å². The maximum absolute atomic E-state index is 12.1. The standard InChI is InChI=1S/C13H16ClN5O/c1-15-7-8-18(2)13(20)11-9-19(17-16-11)12-6-4-3-5-10(12)14/h3-6,9,15H,7-8H2,1-2H3. The van der Waals surface area contributed by atoms with Crippen molar-refractivity contribution in [3.8, 4) is 5.69 Å². The van der Waals surface area contributed by atoms with Crippen molar-refractivity contribution in [3.63, 3.8) is 0 Å². The third-order valence-electron chi connectivity index (χ3n) is 2.86. The second kappa shape index (κ2) is 6.49. The van der Waals surface area contributed by atoms with Crippen LogP contribution >= 0.6 is 11.6 Å². The number of amides is 1. The summed E-state index contributed by atoms with van der Waals surface area (Å²) >= 11 is 6.09. The average molecular weight is 294 g/mol. The monoisotopic (exact) mass is 293 g/mol. The lowest BCUT2D eigenvalue weighted by Crippen LogP contribution is -2.33. The molecule has 0 fully saturated rings. The van der Waals surface area contributed by atoms with Gasteiger partial charge in [0.05, 0.1) is 16.9 Å². The van der Waals surface area contributed by atoms with Gasteiger partial charge in [0.2, 0.25) is 0 Å². The number of likely N-dealkylation sites (N-methyl/N-ethyl adjacent to an activating group) is 2. The van der Waals surface area contributed by atoms with Gasteiger partial charge in [0.25, 0.3) is 5.91 Å². The fraction of sp³-hybridized carbons (Fsp3) is 0.308. The Kier molecular flexibility index (Phi) is 4.70. The lowest BCUT2D eigenvalue weighted by atomic mass is 10.3. The number of benzene rings is 1. The Balaban J connectivity index is 2.17. The topological polar surface area (TPSA) is 63.1 Å². The van der Waals surface area contributed by atoms with Crippen molar-refractivity contribution in [2.24, 2.45) is 0 Å². The van der Waals surface area contributed by atoms with Crippen molar-refractivity contribution in [2.75, 3.05) is 27.2 Å². The van der Waals surface area contributed by atoms with E-state index in [9.17, 15) is 4.79 Å². The number of carbonyl (C=O) groups is 1. The molecule has 0 saturated carbocycles. The van der Waals surface area contributed by atoms with Gasteiger partial charge in [-0.2, -0.15) is 0 Å². The predicted octanol–water partition coefficient (Wildman–Crippen LogP) is 1.21.